The molecule has 0 radical (unpaired) electrons. The number of urea groups is 1. The van der Waals surface area contributed by atoms with Crippen LogP contribution in [-0.2, 0) is 4.79 Å². The number of carbonyl (C=O) groups is 2. The molecule has 1 atom stereocenters. The Kier molecular flexibility index (Phi) is 7.61. The molecule has 8 heteroatoms. The van der Waals surface area contributed by atoms with E-state index in [2.05, 4.69) is 26.0 Å². The third kappa shape index (κ3) is 6.58. The van der Waals surface area contributed by atoms with E-state index in [1.54, 1.807) is 11.0 Å². The molecule has 1 aliphatic rings. The van der Waals surface area contributed by atoms with E-state index in [0.29, 0.717) is 25.4 Å². The molecule has 1 aromatic carbocycles. The first-order chi connectivity index (χ1) is 14.1. The molecule has 1 aliphatic carbocycles. The Balaban J connectivity index is 1.33. The van der Waals surface area contributed by atoms with E-state index >= 15 is 0 Å². The normalized spacial score (nSPS) is 15.5. The van der Waals surface area contributed by atoms with Crippen LogP contribution in [0, 0.1) is 0 Å². The van der Waals surface area contributed by atoms with E-state index in [9.17, 15) is 9.59 Å². The number of hydrogen-bond acceptors (Lipinski definition) is 4. The van der Waals surface area contributed by atoms with Gasteiger partial charge in [-0.25, -0.2) is 14.5 Å². The number of aromatic nitrogens is 3. The number of hydrogen-bond donors (Lipinski definition) is 3. The van der Waals surface area contributed by atoms with Crippen LogP contribution in [0.4, 0.5) is 4.79 Å². The fourth-order valence-corrected chi connectivity index (χ4v) is 3.59. The van der Waals surface area contributed by atoms with Gasteiger partial charge in [0.15, 0.2) is 0 Å². The minimum Gasteiger partial charge on any atom is -0.350 e. The summed E-state index contributed by atoms with van der Waals surface area (Å²) in [5.74, 6) is -0.0210. The van der Waals surface area contributed by atoms with Crippen molar-refractivity contribution >= 4 is 11.9 Å². The molecule has 29 heavy (non-hydrogen) atoms. The van der Waals surface area contributed by atoms with E-state index in [-0.39, 0.29) is 18.0 Å². The molecule has 0 bridgehead atoms. The minimum atomic E-state index is -0.127. The summed E-state index contributed by atoms with van der Waals surface area (Å²) in [5.41, 5.74) is 1.94. The van der Waals surface area contributed by atoms with Gasteiger partial charge in [0.25, 0.3) is 0 Å². The Hall–Kier alpha value is -2.90. The molecule has 1 aromatic heterocycles. The summed E-state index contributed by atoms with van der Waals surface area (Å²) in [6, 6.07) is 7.92. The summed E-state index contributed by atoms with van der Waals surface area (Å²) in [7, 11) is 0. The Morgan fingerprint density at radius 3 is 2.62 bits per heavy atom. The lowest BCUT2D eigenvalue weighted by atomic mass is 9.96. The number of amides is 3. The molecular weight excluding hydrogens is 368 g/mol. The van der Waals surface area contributed by atoms with Gasteiger partial charge in [0.1, 0.15) is 12.7 Å². The van der Waals surface area contributed by atoms with E-state index in [0.717, 1.165) is 24.1 Å². The number of nitrogens with zero attached hydrogens (tertiary/aromatic N) is 3. The third-order valence-corrected chi connectivity index (χ3v) is 5.26. The topological polar surface area (TPSA) is 101 Å². The summed E-state index contributed by atoms with van der Waals surface area (Å²) in [6.45, 7) is 2.45. The van der Waals surface area contributed by atoms with Gasteiger partial charge in [0, 0.05) is 19.0 Å². The predicted octanol–water partition coefficient (Wildman–Crippen LogP) is 2.86. The molecule has 0 spiro atoms. The lowest BCUT2D eigenvalue weighted by Gasteiger charge is -2.22. The summed E-state index contributed by atoms with van der Waals surface area (Å²) < 4.78 is 1.68. The average molecular weight is 399 g/mol. The molecule has 3 N–H and O–H groups in total. The van der Waals surface area contributed by atoms with Crippen LogP contribution < -0.4 is 16.0 Å². The molecule has 0 aliphatic heterocycles. The molecule has 3 amide bonds. The molecule has 1 saturated carbocycles. The first-order valence-electron chi connectivity index (χ1n) is 10.4. The van der Waals surface area contributed by atoms with E-state index in [1.807, 2.05) is 31.2 Å². The van der Waals surface area contributed by atoms with Crippen molar-refractivity contribution in [3.05, 3.63) is 42.5 Å². The van der Waals surface area contributed by atoms with Crippen molar-refractivity contribution < 1.29 is 9.59 Å². The van der Waals surface area contributed by atoms with Gasteiger partial charge < -0.3 is 16.0 Å². The lowest BCUT2D eigenvalue weighted by molar-refractivity contribution is -0.121. The van der Waals surface area contributed by atoms with Crippen molar-refractivity contribution in [2.75, 3.05) is 6.54 Å². The summed E-state index contributed by atoms with van der Waals surface area (Å²) in [4.78, 5) is 28.0. The number of benzene rings is 1. The van der Waals surface area contributed by atoms with Crippen molar-refractivity contribution in [2.24, 2.45) is 0 Å². The Labute approximate surface area is 171 Å². The quantitative estimate of drug-likeness (QED) is 0.595. The molecular formula is C21H30N6O2. The predicted molar refractivity (Wildman–Crippen MR) is 111 cm³/mol. The smallest absolute Gasteiger partial charge is 0.315 e. The molecule has 1 heterocycles. The first kappa shape index (κ1) is 20.8. The van der Waals surface area contributed by atoms with Crippen LogP contribution in [0.15, 0.2) is 36.9 Å². The molecule has 156 valence electrons. The fourth-order valence-electron chi connectivity index (χ4n) is 3.59. The van der Waals surface area contributed by atoms with Crippen LogP contribution in [-0.4, -0.2) is 39.3 Å². The maximum atomic E-state index is 12.2. The van der Waals surface area contributed by atoms with Gasteiger partial charge in [-0.05, 0) is 43.9 Å². The minimum absolute atomic E-state index is 0.0210. The second kappa shape index (κ2) is 10.6. The van der Waals surface area contributed by atoms with E-state index < -0.39 is 0 Å². The summed E-state index contributed by atoms with van der Waals surface area (Å²) in [6.07, 6.45) is 9.89. The molecule has 0 saturated heterocycles. The standard InChI is InChI=1S/C21H30N6O2/c1-16(17-9-11-19(12-10-17)27-15-22-14-24-27)25-20(28)8-5-13-23-21(29)26-18-6-3-2-4-7-18/h9-12,14-16,18H,2-8,13H2,1H3,(H,25,28)(H2,23,26,29). The van der Waals surface area contributed by atoms with Gasteiger partial charge >= 0.3 is 6.03 Å². The Morgan fingerprint density at radius 1 is 1.17 bits per heavy atom. The second-order valence-electron chi connectivity index (χ2n) is 7.56. The fraction of sp³-hybridized carbons (Fsp3) is 0.524. The van der Waals surface area contributed by atoms with Gasteiger partial charge in [-0.2, -0.15) is 5.10 Å². The van der Waals surface area contributed by atoms with Crippen LogP contribution in [0.2, 0.25) is 0 Å². The summed E-state index contributed by atoms with van der Waals surface area (Å²) in [5, 5.41) is 13.0. The zero-order chi connectivity index (χ0) is 20.5. The van der Waals surface area contributed by atoms with Gasteiger partial charge in [-0.1, -0.05) is 31.4 Å². The van der Waals surface area contributed by atoms with Crippen molar-refractivity contribution in [1.29, 1.82) is 0 Å². The highest BCUT2D eigenvalue weighted by atomic mass is 16.2. The first-order valence-corrected chi connectivity index (χ1v) is 10.4. The van der Waals surface area contributed by atoms with Crippen molar-refractivity contribution in [3.8, 4) is 5.69 Å². The van der Waals surface area contributed by atoms with Crippen molar-refractivity contribution in [1.82, 2.24) is 30.7 Å². The maximum Gasteiger partial charge on any atom is 0.315 e. The monoisotopic (exact) mass is 398 g/mol. The largest absolute Gasteiger partial charge is 0.350 e. The van der Waals surface area contributed by atoms with Gasteiger partial charge in [0.2, 0.25) is 5.91 Å². The SMILES string of the molecule is CC(NC(=O)CCCNC(=O)NC1CCCCC1)c1ccc(-n2cncn2)cc1. The number of carbonyl (C=O) groups excluding carboxylic acids is 2. The van der Waals surface area contributed by atoms with Gasteiger partial charge in [0.05, 0.1) is 11.7 Å². The molecule has 1 fully saturated rings. The number of rotatable bonds is 8. The van der Waals surface area contributed by atoms with E-state index in [1.165, 1.54) is 25.6 Å². The molecule has 8 nitrogen and oxygen atoms in total. The van der Waals surface area contributed by atoms with Crippen LogP contribution in [0.3, 0.4) is 0 Å². The van der Waals surface area contributed by atoms with Crippen LogP contribution in [0.1, 0.15) is 63.5 Å². The third-order valence-electron chi connectivity index (χ3n) is 5.26. The van der Waals surface area contributed by atoms with Crippen LogP contribution >= 0.6 is 0 Å². The van der Waals surface area contributed by atoms with Gasteiger partial charge in [-0.15, -0.1) is 0 Å². The maximum absolute atomic E-state index is 12.2. The molecule has 2 aromatic rings. The average Bonchev–Trinajstić information content (AvgIpc) is 3.27. The zero-order valence-corrected chi connectivity index (χ0v) is 16.9. The van der Waals surface area contributed by atoms with Crippen molar-refractivity contribution in [3.63, 3.8) is 0 Å². The summed E-state index contributed by atoms with van der Waals surface area (Å²) >= 11 is 0. The highest BCUT2D eigenvalue weighted by Gasteiger charge is 2.15. The van der Waals surface area contributed by atoms with Crippen LogP contribution in [0.25, 0.3) is 5.69 Å². The Morgan fingerprint density at radius 2 is 1.93 bits per heavy atom. The highest BCUT2D eigenvalue weighted by Crippen LogP contribution is 2.17. The molecule has 1 unspecified atom stereocenters. The van der Waals surface area contributed by atoms with E-state index in [4.69, 9.17) is 0 Å². The zero-order valence-electron chi connectivity index (χ0n) is 16.9. The van der Waals surface area contributed by atoms with Crippen molar-refractivity contribution in [2.45, 2.75) is 64.0 Å². The molecule has 3 rings (SSSR count). The highest BCUT2D eigenvalue weighted by molar-refractivity contribution is 5.77. The Bertz CT molecular complexity index is 769. The number of nitrogens with one attached hydrogen (secondary N) is 3. The lowest BCUT2D eigenvalue weighted by Crippen LogP contribution is -2.43. The second-order valence-corrected chi connectivity index (χ2v) is 7.56. The van der Waals surface area contributed by atoms with Crippen LogP contribution in [0.5, 0.6) is 0 Å². The van der Waals surface area contributed by atoms with Gasteiger partial charge in [-0.3, -0.25) is 4.79 Å².